The van der Waals surface area contributed by atoms with Crippen LogP contribution >= 0.6 is 11.8 Å². The molecule has 0 bridgehead atoms. The minimum Gasteiger partial charge on any atom is -0.480 e. The molecule has 0 fully saturated rings. The first-order chi connectivity index (χ1) is 7.38. The first kappa shape index (κ1) is 11.5. The number of carbonyl (C=O) groups is 1. The van der Waals surface area contributed by atoms with Crippen LogP contribution in [0, 0.1) is 0 Å². The molecule has 1 aliphatic rings. The lowest BCUT2D eigenvalue weighted by molar-refractivity contribution is -0.139. The van der Waals surface area contributed by atoms with Gasteiger partial charge in [-0.3, -0.25) is 4.79 Å². The molecule has 0 aromatic heterocycles. The van der Waals surface area contributed by atoms with Crippen molar-refractivity contribution in [3.63, 3.8) is 0 Å². The van der Waals surface area contributed by atoms with Gasteiger partial charge in [0.05, 0.1) is 0 Å². The normalized spacial score (nSPS) is 27.2. The maximum atomic E-state index is 11.4. The van der Waals surface area contributed by atoms with Gasteiger partial charge in [-0.1, -0.05) is 38.1 Å². The van der Waals surface area contributed by atoms with Crippen molar-refractivity contribution >= 4 is 17.7 Å². The molecule has 86 valence electrons. The summed E-state index contributed by atoms with van der Waals surface area (Å²) in [5.74, 6) is 0.0905. The van der Waals surface area contributed by atoms with E-state index < -0.39 is 10.7 Å². The summed E-state index contributed by atoms with van der Waals surface area (Å²) in [6, 6.07) is 7.90. The number of fused-ring (bicyclic) bond motifs is 1. The van der Waals surface area contributed by atoms with E-state index in [1.165, 1.54) is 17.3 Å². The lowest BCUT2D eigenvalue weighted by Crippen LogP contribution is -2.39. The third kappa shape index (κ3) is 1.54. The summed E-state index contributed by atoms with van der Waals surface area (Å²) < 4.78 is -0.799. The van der Waals surface area contributed by atoms with Gasteiger partial charge in [0, 0.05) is 5.75 Å². The molecule has 0 saturated heterocycles. The molecular weight excluding hydrogens is 220 g/mol. The molecule has 1 unspecified atom stereocenters. The Morgan fingerprint density at radius 2 is 1.81 bits per heavy atom. The number of aliphatic carboxylic acids is 1. The largest absolute Gasteiger partial charge is 0.480 e. The van der Waals surface area contributed by atoms with Gasteiger partial charge in [0.25, 0.3) is 0 Å². The average molecular weight is 236 g/mol. The molecule has 1 aromatic carbocycles. The highest BCUT2D eigenvalue weighted by Crippen LogP contribution is 2.49. The second kappa shape index (κ2) is 3.52. The highest BCUT2D eigenvalue weighted by Gasteiger charge is 2.45. The Balaban J connectivity index is 2.64. The summed E-state index contributed by atoms with van der Waals surface area (Å²) in [5.41, 5.74) is 2.17. The van der Waals surface area contributed by atoms with Crippen LogP contribution in [-0.4, -0.2) is 16.8 Å². The van der Waals surface area contributed by atoms with Gasteiger partial charge in [-0.2, -0.15) is 0 Å². The zero-order valence-electron chi connectivity index (χ0n) is 9.78. The predicted octanol–water partition coefficient (Wildman–Crippen LogP) is 3.01. The fraction of sp³-hybridized carbons (Fsp3) is 0.462. The van der Waals surface area contributed by atoms with Crippen LogP contribution in [0.2, 0.25) is 0 Å². The van der Waals surface area contributed by atoms with E-state index in [4.69, 9.17) is 0 Å². The number of carboxylic acids is 1. The minimum atomic E-state index is -0.799. The first-order valence-corrected chi connectivity index (χ1v) is 6.34. The first-order valence-electron chi connectivity index (χ1n) is 5.35. The Bertz CT molecular complexity index is 439. The van der Waals surface area contributed by atoms with E-state index >= 15 is 0 Å². The smallest absolute Gasteiger partial charge is 0.324 e. The van der Waals surface area contributed by atoms with Gasteiger partial charge in [0.15, 0.2) is 0 Å². The van der Waals surface area contributed by atoms with Crippen LogP contribution in [-0.2, 0) is 15.0 Å². The van der Waals surface area contributed by atoms with Crippen molar-refractivity contribution in [3.8, 4) is 0 Å². The highest BCUT2D eigenvalue weighted by atomic mass is 32.2. The monoisotopic (exact) mass is 236 g/mol. The van der Waals surface area contributed by atoms with Gasteiger partial charge >= 0.3 is 5.97 Å². The number of benzene rings is 1. The Morgan fingerprint density at radius 1 is 1.25 bits per heavy atom. The Hall–Kier alpha value is -0.960. The van der Waals surface area contributed by atoms with E-state index in [1.54, 1.807) is 6.92 Å². The van der Waals surface area contributed by atoms with Crippen LogP contribution in [0.5, 0.6) is 0 Å². The molecule has 1 atom stereocenters. The summed E-state index contributed by atoms with van der Waals surface area (Å²) in [7, 11) is 0. The van der Waals surface area contributed by atoms with Gasteiger partial charge in [0.1, 0.15) is 4.75 Å². The maximum absolute atomic E-state index is 11.4. The minimum absolute atomic E-state index is 0.0518. The molecule has 0 saturated carbocycles. The van der Waals surface area contributed by atoms with Crippen LogP contribution in [0.1, 0.15) is 31.9 Å². The van der Waals surface area contributed by atoms with Gasteiger partial charge in [-0.15, -0.1) is 11.8 Å². The van der Waals surface area contributed by atoms with Crippen molar-refractivity contribution in [1.29, 1.82) is 0 Å². The van der Waals surface area contributed by atoms with E-state index in [0.29, 0.717) is 0 Å². The number of hydrogen-bond acceptors (Lipinski definition) is 2. The fourth-order valence-electron chi connectivity index (χ4n) is 2.15. The van der Waals surface area contributed by atoms with Crippen molar-refractivity contribution in [3.05, 3.63) is 35.4 Å². The number of carboxylic acid groups (broad SMARTS) is 1. The van der Waals surface area contributed by atoms with Crippen LogP contribution in [0.3, 0.4) is 0 Å². The molecule has 16 heavy (non-hydrogen) atoms. The summed E-state index contributed by atoms with van der Waals surface area (Å²) in [6.45, 7) is 6.13. The molecule has 0 radical (unpaired) electrons. The van der Waals surface area contributed by atoms with Crippen molar-refractivity contribution in [2.24, 2.45) is 0 Å². The fourth-order valence-corrected chi connectivity index (χ4v) is 3.41. The number of hydrogen-bond donors (Lipinski definition) is 1. The third-order valence-electron chi connectivity index (χ3n) is 3.30. The molecule has 1 aliphatic heterocycles. The van der Waals surface area contributed by atoms with E-state index in [0.717, 1.165) is 11.3 Å². The molecule has 0 aliphatic carbocycles. The quantitative estimate of drug-likeness (QED) is 0.814. The van der Waals surface area contributed by atoms with Gasteiger partial charge in [0.2, 0.25) is 0 Å². The van der Waals surface area contributed by atoms with Crippen LogP contribution in [0.15, 0.2) is 24.3 Å². The Kier molecular flexibility index (Phi) is 2.54. The highest BCUT2D eigenvalue weighted by molar-refractivity contribution is 8.01. The lowest BCUT2D eigenvalue weighted by Gasteiger charge is -2.40. The van der Waals surface area contributed by atoms with Crippen molar-refractivity contribution in [2.75, 3.05) is 5.75 Å². The maximum Gasteiger partial charge on any atom is 0.324 e. The zero-order chi connectivity index (χ0) is 12.0. The van der Waals surface area contributed by atoms with E-state index in [2.05, 4.69) is 19.9 Å². The summed E-state index contributed by atoms with van der Waals surface area (Å²) >= 11 is 1.52. The van der Waals surface area contributed by atoms with E-state index in [1.807, 2.05) is 18.2 Å². The molecule has 2 rings (SSSR count). The third-order valence-corrected chi connectivity index (χ3v) is 5.14. The zero-order valence-corrected chi connectivity index (χ0v) is 10.6. The van der Waals surface area contributed by atoms with Crippen LogP contribution in [0.25, 0.3) is 0 Å². The summed E-state index contributed by atoms with van der Waals surface area (Å²) in [5, 5.41) is 9.39. The van der Waals surface area contributed by atoms with Gasteiger partial charge < -0.3 is 5.11 Å². The molecule has 0 amide bonds. The van der Waals surface area contributed by atoms with Crippen molar-refractivity contribution in [2.45, 2.75) is 30.9 Å². The van der Waals surface area contributed by atoms with Crippen molar-refractivity contribution in [1.82, 2.24) is 0 Å². The Labute approximate surface area is 100 Å². The molecule has 3 heteroatoms. The van der Waals surface area contributed by atoms with Crippen LogP contribution < -0.4 is 0 Å². The molecule has 1 heterocycles. The van der Waals surface area contributed by atoms with E-state index in [-0.39, 0.29) is 5.41 Å². The topological polar surface area (TPSA) is 37.3 Å². The molecule has 0 spiro atoms. The second-order valence-corrected chi connectivity index (χ2v) is 6.45. The molecule has 1 N–H and O–H groups in total. The SMILES string of the molecule is CC1(C)CSC(C)(C(=O)O)c2ccccc21. The summed E-state index contributed by atoms with van der Waals surface area (Å²) in [4.78, 5) is 11.4. The van der Waals surface area contributed by atoms with Crippen molar-refractivity contribution < 1.29 is 9.90 Å². The number of thioether (sulfide) groups is 1. The number of rotatable bonds is 1. The second-order valence-electron chi connectivity index (χ2n) is 5.06. The van der Waals surface area contributed by atoms with Crippen LogP contribution in [0.4, 0.5) is 0 Å². The molecule has 2 nitrogen and oxygen atoms in total. The standard InChI is InChI=1S/C13H16O2S/c1-12(2)8-16-13(3,11(14)15)10-7-5-4-6-9(10)12/h4-7H,8H2,1-3H3,(H,14,15). The average Bonchev–Trinajstić information content (AvgIpc) is 2.24. The van der Waals surface area contributed by atoms with Gasteiger partial charge in [-0.05, 0) is 23.5 Å². The van der Waals surface area contributed by atoms with Gasteiger partial charge in [-0.25, -0.2) is 0 Å². The lowest BCUT2D eigenvalue weighted by atomic mass is 9.79. The Morgan fingerprint density at radius 3 is 2.38 bits per heavy atom. The summed E-state index contributed by atoms with van der Waals surface area (Å²) in [6.07, 6.45) is 0. The molecular formula is C13H16O2S. The van der Waals surface area contributed by atoms with E-state index in [9.17, 15) is 9.90 Å². The molecule has 1 aromatic rings. The predicted molar refractivity (Wildman–Crippen MR) is 66.9 cm³/mol.